The molecule has 0 aromatic heterocycles. The Morgan fingerprint density at radius 1 is 1.06 bits per heavy atom. The molecule has 0 spiro atoms. The number of ketones is 1. The van der Waals surface area contributed by atoms with E-state index < -0.39 is 39.8 Å². The van der Waals surface area contributed by atoms with Crippen LogP contribution in [0.1, 0.15) is 48.2 Å². The summed E-state index contributed by atoms with van der Waals surface area (Å²) in [6, 6.07) is 12.8. The second-order valence-corrected chi connectivity index (χ2v) is 10.4. The first-order valence-corrected chi connectivity index (χ1v) is 12.0. The average Bonchev–Trinajstić information content (AvgIpc) is 2.96. The lowest BCUT2D eigenvalue weighted by molar-refractivity contribution is -0.130. The minimum absolute atomic E-state index is 0.270. The molecule has 0 aliphatic carbocycles. The van der Waals surface area contributed by atoms with E-state index in [1.165, 1.54) is 31.3 Å². The van der Waals surface area contributed by atoms with Crippen LogP contribution in [-0.2, 0) is 20.4 Å². The molecule has 0 radical (unpaired) electrons. The van der Waals surface area contributed by atoms with Gasteiger partial charge in [-0.2, -0.15) is 0 Å². The van der Waals surface area contributed by atoms with Crippen LogP contribution in [0.3, 0.4) is 0 Å². The highest BCUT2D eigenvalue weighted by Gasteiger charge is 2.49. The first-order valence-electron chi connectivity index (χ1n) is 10.2. The van der Waals surface area contributed by atoms with E-state index in [0.717, 1.165) is 21.0 Å². The quantitative estimate of drug-likeness (QED) is 0.509. The van der Waals surface area contributed by atoms with Crippen LogP contribution in [0.4, 0.5) is 10.5 Å². The van der Waals surface area contributed by atoms with E-state index in [0.29, 0.717) is 17.2 Å². The Kier molecular flexibility index (Phi) is 6.15. The van der Waals surface area contributed by atoms with Crippen molar-refractivity contribution in [1.29, 1.82) is 0 Å². The standard InChI is InChI=1S/C23H27N3O5S/c1-15(2)16-6-10-18(11-7-16)23(3)21(28)26(22(29)24-23)14-20(27)17-8-12-19(13-9-17)25(4)32(5,30)31/h6-13,15H,14H2,1-5H3,(H,24,29). The van der Waals surface area contributed by atoms with Gasteiger partial charge in [0.25, 0.3) is 5.91 Å². The number of imide groups is 1. The van der Waals surface area contributed by atoms with Gasteiger partial charge in [-0.1, -0.05) is 38.1 Å². The number of hydrogen-bond donors (Lipinski definition) is 1. The fourth-order valence-electron chi connectivity index (χ4n) is 3.52. The van der Waals surface area contributed by atoms with Crippen molar-refractivity contribution in [3.63, 3.8) is 0 Å². The number of Topliss-reactive ketones (excluding diaryl/α,β-unsaturated/α-hetero) is 1. The Labute approximate surface area is 188 Å². The molecule has 8 nitrogen and oxygen atoms in total. The van der Waals surface area contributed by atoms with Gasteiger partial charge in [0.2, 0.25) is 10.0 Å². The van der Waals surface area contributed by atoms with Gasteiger partial charge in [-0.3, -0.25) is 18.8 Å². The van der Waals surface area contributed by atoms with Gasteiger partial charge in [0.15, 0.2) is 5.78 Å². The molecule has 1 atom stereocenters. The van der Waals surface area contributed by atoms with Crippen LogP contribution in [-0.4, -0.2) is 50.9 Å². The first kappa shape index (κ1) is 23.5. The maximum atomic E-state index is 13.1. The fourth-order valence-corrected chi connectivity index (χ4v) is 4.03. The van der Waals surface area contributed by atoms with Crippen molar-refractivity contribution < 1.29 is 22.8 Å². The lowest BCUT2D eigenvalue weighted by Gasteiger charge is -2.22. The van der Waals surface area contributed by atoms with Gasteiger partial charge in [-0.25, -0.2) is 13.2 Å². The Balaban J connectivity index is 1.77. The second-order valence-electron chi connectivity index (χ2n) is 8.42. The third kappa shape index (κ3) is 4.38. The molecular formula is C23H27N3O5S. The molecule has 1 aliphatic rings. The van der Waals surface area contributed by atoms with E-state index >= 15 is 0 Å². The highest BCUT2D eigenvalue weighted by atomic mass is 32.2. The first-order chi connectivity index (χ1) is 14.8. The molecule has 170 valence electrons. The topological polar surface area (TPSA) is 104 Å². The summed E-state index contributed by atoms with van der Waals surface area (Å²) in [5, 5.41) is 2.70. The van der Waals surface area contributed by atoms with Gasteiger partial charge in [0.1, 0.15) is 5.54 Å². The number of sulfonamides is 1. The van der Waals surface area contributed by atoms with E-state index in [9.17, 15) is 22.8 Å². The highest BCUT2D eigenvalue weighted by Crippen LogP contribution is 2.30. The number of carbonyl (C=O) groups excluding carboxylic acids is 3. The van der Waals surface area contributed by atoms with Crippen LogP contribution >= 0.6 is 0 Å². The van der Waals surface area contributed by atoms with Gasteiger partial charge >= 0.3 is 6.03 Å². The van der Waals surface area contributed by atoms with Crippen LogP contribution in [0.25, 0.3) is 0 Å². The highest BCUT2D eigenvalue weighted by molar-refractivity contribution is 7.92. The zero-order valence-corrected chi connectivity index (χ0v) is 19.6. The summed E-state index contributed by atoms with van der Waals surface area (Å²) in [6.45, 7) is 5.35. The molecule has 2 aromatic rings. The predicted molar refractivity (Wildman–Crippen MR) is 122 cm³/mol. The van der Waals surface area contributed by atoms with Gasteiger partial charge in [-0.15, -0.1) is 0 Å². The van der Waals surface area contributed by atoms with Crippen molar-refractivity contribution >= 4 is 33.4 Å². The van der Waals surface area contributed by atoms with Gasteiger partial charge in [0.05, 0.1) is 18.5 Å². The summed E-state index contributed by atoms with van der Waals surface area (Å²) < 4.78 is 24.4. The molecule has 0 saturated carbocycles. The summed E-state index contributed by atoms with van der Waals surface area (Å²) in [4.78, 5) is 39.3. The van der Waals surface area contributed by atoms with Crippen LogP contribution in [0, 0.1) is 0 Å². The van der Waals surface area contributed by atoms with Crippen molar-refractivity contribution in [2.75, 3.05) is 24.2 Å². The lowest BCUT2D eigenvalue weighted by Crippen LogP contribution is -2.41. The van der Waals surface area contributed by atoms with Crippen LogP contribution in [0.15, 0.2) is 48.5 Å². The molecule has 1 heterocycles. The maximum absolute atomic E-state index is 13.1. The molecule has 1 saturated heterocycles. The number of rotatable bonds is 7. The molecule has 32 heavy (non-hydrogen) atoms. The Hall–Kier alpha value is -3.20. The number of hydrogen-bond acceptors (Lipinski definition) is 5. The Bertz CT molecular complexity index is 1160. The molecular weight excluding hydrogens is 430 g/mol. The zero-order valence-electron chi connectivity index (χ0n) is 18.7. The smallest absolute Gasteiger partial charge is 0.319 e. The number of nitrogens with zero attached hydrogens (tertiary/aromatic N) is 2. The molecule has 0 bridgehead atoms. The number of anilines is 1. The van der Waals surface area contributed by atoms with Gasteiger partial charge < -0.3 is 5.32 Å². The molecule has 3 amide bonds. The second kappa shape index (κ2) is 8.38. The van der Waals surface area contributed by atoms with Gasteiger partial charge in [-0.05, 0) is 48.2 Å². The largest absolute Gasteiger partial charge is 0.325 e. The number of benzene rings is 2. The van der Waals surface area contributed by atoms with Crippen molar-refractivity contribution in [1.82, 2.24) is 10.2 Å². The normalized spacial score (nSPS) is 18.8. The molecule has 1 N–H and O–H groups in total. The van der Waals surface area contributed by atoms with Gasteiger partial charge in [0, 0.05) is 12.6 Å². The van der Waals surface area contributed by atoms with E-state index in [1.54, 1.807) is 6.92 Å². The predicted octanol–water partition coefficient (Wildman–Crippen LogP) is 2.86. The third-order valence-corrected chi connectivity index (χ3v) is 6.99. The molecule has 9 heteroatoms. The number of carbonyl (C=O) groups is 3. The summed E-state index contributed by atoms with van der Waals surface area (Å²) in [5.74, 6) is -0.591. The summed E-state index contributed by atoms with van der Waals surface area (Å²) in [5.41, 5.74) is 1.17. The van der Waals surface area contributed by atoms with E-state index in [-0.39, 0.29) is 5.56 Å². The Morgan fingerprint density at radius 3 is 2.12 bits per heavy atom. The zero-order chi connectivity index (χ0) is 23.8. The van der Waals surface area contributed by atoms with Crippen molar-refractivity contribution in [2.24, 2.45) is 0 Å². The third-order valence-electron chi connectivity index (χ3n) is 5.78. The number of amides is 3. The maximum Gasteiger partial charge on any atom is 0.325 e. The molecule has 1 unspecified atom stereocenters. The summed E-state index contributed by atoms with van der Waals surface area (Å²) >= 11 is 0. The number of nitrogens with one attached hydrogen (secondary N) is 1. The lowest BCUT2D eigenvalue weighted by atomic mass is 9.90. The van der Waals surface area contributed by atoms with Crippen LogP contribution in [0.5, 0.6) is 0 Å². The average molecular weight is 458 g/mol. The number of urea groups is 1. The monoisotopic (exact) mass is 457 g/mol. The SMILES string of the molecule is CC(C)c1ccc(C2(C)NC(=O)N(CC(=O)c3ccc(N(C)S(C)(=O)=O)cc3)C2=O)cc1. The summed E-state index contributed by atoms with van der Waals surface area (Å²) in [6.07, 6.45) is 1.08. The van der Waals surface area contributed by atoms with E-state index in [2.05, 4.69) is 19.2 Å². The summed E-state index contributed by atoms with van der Waals surface area (Å²) in [7, 11) is -2.02. The van der Waals surface area contributed by atoms with E-state index in [1.807, 2.05) is 24.3 Å². The van der Waals surface area contributed by atoms with Crippen LogP contribution in [0.2, 0.25) is 0 Å². The van der Waals surface area contributed by atoms with Crippen molar-refractivity contribution in [2.45, 2.75) is 32.2 Å². The van der Waals surface area contributed by atoms with Crippen molar-refractivity contribution in [3.05, 3.63) is 65.2 Å². The molecule has 1 aliphatic heterocycles. The molecule has 2 aromatic carbocycles. The van der Waals surface area contributed by atoms with E-state index in [4.69, 9.17) is 0 Å². The Morgan fingerprint density at radius 2 is 1.62 bits per heavy atom. The van der Waals surface area contributed by atoms with Crippen LogP contribution < -0.4 is 9.62 Å². The minimum atomic E-state index is -3.43. The van der Waals surface area contributed by atoms with Crippen molar-refractivity contribution in [3.8, 4) is 0 Å². The molecule has 1 fully saturated rings. The fraction of sp³-hybridized carbons (Fsp3) is 0.348. The molecule has 3 rings (SSSR count). The minimum Gasteiger partial charge on any atom is -0.319 e.